The van der Waals surface area contributed by atoms with E-state index in [-0.39, 0.29) is 11.3 Å². The van der Waals surface area contributed by atoms with E-state index in [1.54, 1.807) is 6.07 Å². The number of para-hydroxylation sites is 1. The third-order valence-corrected chi connectivity index (χ3v) is 3.99. The van der Waals surface area contributed by atoms with Crippen LogP contribution in [0.4, 0.5) is 20.2 Å². The molecule has 2 N–H and O–H groups in total. The van der Waals surface area contributed by atoms with Crippen LogP contribution in [0.1, 0.15) is 27.8 Å². The third-order valence-electron chi connectivity index (χ3n) is 3.99. The van der Waals surface area contributed by atoms with Crippen LogP contribution in [0.15, 0.2) is 65.3 Å². The van der Waals surface area contributed by atoms with Crippen LogP contribution in [-0.4, -0.2) is 23.9 Å². The highest BCUT2D eigenvalue weighted by Crippen LogP contribution is 2.19. The number of halogens is 2. The number of benzene rings is 2. The predicted octanol–water partition coefficient (Wildman–Crippen LogP) is 3.99. The lowest BCUT2D eigenvalue weighted by molar-refractivity contribution is -0.123. The van der Waals surface area contributed by atoms with Gasteiger partial charge in [-0.15, -0.1) is 0 Å². The fourth-order valence-corrected chi connectivity index (χ4v) is 2.41. The van der Waals surface area contributed by atoms with Crippen molar-refractivity contribution in [3.05, 3.63) is 83.8 Å². The first kappa shape index (κ1) is 20.7. The summed E-state index contributed by atoms with van der Waals surface area (Å²) in [4.78, 5) is 36.2. The molecule has 0 aliphatic rings. The van der Waals surface area contributed by atoms with Gasteiger partial charge >= 0.3 is 5.97 Å². The van der Waals surface area contributed by atoms with E-state index < -0.39 is 41.2 Å². The molecule has 1 heterocycles. The molecule has 3 rings (SSSR count). The lowest BCUT2D eigenvalue weighted by Gasteiger charge is -2.14. The molecule has 1 atom stereocenters. The molecule has 0 aliphatic heterocycles. The molecule has 154 valence electrons. The van der Waals surface area contributed by atoms with Crippen molar-refractivity contribution in [1.29, 1.82) is 0 Å². The highest BCUT2D eigenvalue weighted by molar-refractivity contribution is 6.02. The molecule has 0 saturated carbocycles. The van der Waals surface area contributed by atoms with E-state index in [0.717, 1.165) is 18.2 Å². The molecular weight excluding hydrogens is 398 g/mol. The van der Waals surface area contributed by atoms with Crippen LogP contribution in [-0.2, 0) is 9.53 Å². The van der Waals surface area contributed by atoms with E-state index in [1.165, 1.54) is 43.5 Å². The number of furan rings is 1. The largest absolute Gasteiger partial charge is 0.459 e. The van der Waals surface area contributed by atoms with E-state index in [1.807, 2.05) is 0 Å². The summed E-state index contributed by atoms with van der Waals surface area (Å²) >= 11 is 0. The van der Waals surface area contributed by atoms with Crippen molar-refractivity contribution in [3.8, 4) is 0 Å². The molecule has 7 nitrogen and oxygen atoms in total. The van der Waals surface area contributed by atoms with Gasteiger partial charge in [-0.2, -0.15) is 0 Å². The number of carbonyl (C=O) groups excluding carboxylic acids is 3. The summed E-state index contributed by atoms with van der Waals surface area (Å²) < 4.78 is 37.3. The molecule has 1 aromatic heterocycles. The monoisotopic (exact) mass is 414 g/mol. The van der Waals surface area contributed by atoms with Gasteiger partial charge in [-0.05, 0) is 55.5 Å². The highest BCUT2D eigenvalue weighted by atomic mass is 19.1. The Labute approximate surface area is 169 Å². The molecule has 0 radical (unpaired) electrons. The van der Waals surface area contributed by atoms with E-state index in [4.69, 9.17) is 9.15 Å². The fraction of sp³-hybridized carbons (Fsp3) is 0.0952. The first-order valence-electron chi connectivity index (χ1n) is 8.76. The maximum atomic E-state index is 13.6. The SMILES string of the molecule is C[C@@H](OC(=O)c1ccc(NC(=O)c2ccco2)cc1)C(=O)Nc1c(F)cccc1F. The number of nitrogens with one attached hydrogen (secondary N) is 2. The zero-order valence-corrected chi connectivity index (χ0v) is 15.6. The highest BCUT2D eigenvalue weighted by Gasteiger charge is 2.21. The lowest BCUT2D eigenvalue weighted by Crippen LogP contribution is -2.30. The minimum atomic E-state index is -1.31. The molecule has 0 bridgehead atoms. The van der Waals surface area contributed by atoms with Gasteiger partial charge in [0.15, 0.2) is 11.9 Å². The molecule has 0 unspecified atom stereocenters. The summed E-state index contributed by atoms with van der Waals surface area (Å²) in [5.41, 5.74) is -0.0986. The Morgan fingerprint density at radius 3 is 2.20 bits per heavy atom. The predicted molar refractivity (Wildman–Crippen MR) is 103 cm³/mol. The number of hydrogen-bond acceptors (Lipinski definition) is 5. The zero-order chi connectivity index (χ0) is 21.7. The van der Waals surface area contributed by atoms with Gasteiger partial charge in [0.25, 0.3) is 11.8 Å². The van der Waals surface area contributed by atoms with E-state index in [9.17, 15) is 23.2 Å². The summed E-state index contributed by atoms with van der Waals surface area (Å²) in [6, 6.07) is 11.9. The number of amides is 2. The molecule has 9 heteroatoms. The minimum absolute atomic E-state index is 0.114. The van der Waals surface area contributed by atoms with Crippen LogP contribution in [0.25, 0.3) is 0 Å². The van der Waals surface area contributed by atoms with Crippen LogP contribution in [0, 0.1) is 11.6 Å². The lowest BCUT2D eigenvalue weighted by atomic mass is 10.2. The minimum Gasteiger partial charge on any atom is -0.459 e. The number of esters is 1. The van der Waals surface area contributed by atoms with Crippen LogP contribution in [0.2, 0.25) is 0 Å². The van der Waals surface area contributed by atoms with E-state index >= 15 is 0 Å². The van der Waals surface area contributed by atoms with Gasteiger partial charge in [-0.25, -0.2) is 13.6 Å². The standard InChI is InChI=1S/C21H16F2N2O5/c1-12(19(26)25-18-15(22)4-2-5-16(18)23)30-21(28)13-7-9-14(10-8-13)24-20(27)17-6-3-11-29-17/h2-12H,1H3,(H,24,27)(H,25,26)/t12-/m1/s1. The first-order chi connectivity index (χ1) is 14.3. The number of carbonyl (C=O) groups is 3. The van der Waals surface area contributed by atoms with Crippen LogP contribution in [0.5, 0.6) is 0 Å². The number of rotatable bonds is 6. The molecule has 0 saturated heterocycles. The van der Waals surface area contributed by atoms with Crippen molar-refractivity contribution >= 4 is 29.2 Å². The van der Waals surface area contributed by atoms with Gasteiger partial charge in [-0.1, -0.05) is 6.07 Å². The topological polar surface area (TPSA) is 97.6 Å². The Kier molecular flexibility index (Phi) is 6.21. The second-order valence-electron chi connectivity index (χ2n) is 6.14. The summed E-state index contributed by atoms with van der Waals surface area (Å²) in [6.45, 7) is 1.27. The van der Waals surface area contributed by atoms with Crippen molar-refractivity contribution in [3.63, 3.8) is 0 Å². The van der Waals surface area contributed by atoms with Crippen molar-refractivity contribution < 1.29 is 32.3 Å². The van der Waals surface area contributed by atoms with E-state index in [0.29, 0.717) is 5.69 Å². The van der Waals surface area contributed by atoms with Gasteiger partial charge in [0.05, 0.1) is 11.8 Å². The average molecular weight is 414 g/mol. The molecule has 0 aliphatic carbocycles. The second-order valence-corrected chi connectivity index (χ2v) is 6.14. The smallest absolute Gasteiger partial charge is 0.338 e. The Morgan fingerprint density at radius 1 is 0.933 bits per heavy atom. The van der Waals surface area contributed by atoms with E-state index in [2.05, 4.69) is 10.6 Å². The summed E-state index contributed by atoms with van der Waals surface area (Å²) in [6.07, 6.45) is 0.0566. The summed E-state index contributed by atoms with van der Waals surface area (Å²) in [7, 11) is 0. The van der Waals surface area contributed by atoms with Gasteiger partial charge in [0, 0.05) is 5.69 Å². The number of anilines is 2. The molecule has 3 aromatic rings. The molecular formula is C21H16F2N2O5. The van der Waals surface area contributed by atoms with Crippen molar-refractivity contribution in [1.82, 2.24) is 0 Å². The number of hydrogen-bond donors (Lipinski definition) is 2. The van der Waals surface area contributed by atoms with Gasteiger partial charge < -0.3 is 19.8 Å². The van der Waals surface area contributed by atoms with Crippen LogP contribution >= 0.6 is 0 Å². The second kappa shape index (κ2) is 8.99. The Balaban J connectivity index is 1.58. The fourth-order valence-electron chi connectivity index (χ4n) is 2.41. The Hall–Kier alpha value is -4.01. The third kappa shape index (κ3) is 4.88. The molecule has 2 aromatic carbocycles. The Bertz CT molecular complexity index is 1050. The van der Waals surface area contributed by atoms with Crippen molar-refractivity contribution in [2.24, 2.45) is 0 Å². The van der Waals surface area contributed by atoms with Gasteiger partial charge in [0.2, 0.25) is 0 Å². The normalized spacial score (nSPS) is 11.4. The van der Waals surface area contributed by atoms with Gasteiger partial charge in [-0.3, -0.25) is 9.59 Å². The Morgan fingerprint density at radius 2 is 1.60 bits per heavy atom. The molecule has 2 amide bonds. The zero-order valence-electron chi connectivity index (χ0n) is 15.6. The first-order valence-corrected chi connectivity index (χ1v) is 8.76. The maximum absolute atomic E-state index is 13.6. The number of ether oxygens (including phenoxy) is 1. The van der Waals surface area contributed by atoms with Crippen molar-refractivity contribution in [2.75, 3.05) is 10.6 Å². The quantitative estimate of drug-likeness (QED) is 0.595. The molecule has 0 spiro atoms. The molecule has 0 fully saturated rings. The summed E-state index contributed by atoms with van der Waals surface area (Å²) in [5.74, 6) is -3.95. The van der Waals surface area contributed by atoms with Crippen LogP contribution in [0.3, 0.4) is 0 Å². The van der Waals surface area contributed by atoms with Crippen LogP contribution < -0.4 is 10.6 Å². The summed E-state index contributed by atoms with van der Waals surface area (Å²) in [5, 5.41) is 4.64. The maximum Gasteiger partial charge on any atom is 0.338 e. The van der Waals surface area contributed by atoms with Crippen molar-refractivity contribution in [2.45, 2.75) is 13.0 Å². The molecule has 30 heavy (non-hydrogen) atoms. The van der Waals surface area contributed by atoms with Gasteiger partial charge in [0.1, 0.15) is 17.3 Å². The average Bonchev–Trinajstić information content (AvgIpc) is 3.26.